The van der Waals surface area contributed by atoms with Crippen LogP contribution in [-0.2, 0) is 13.5 Å². The third kappa shape index (κ3) is 3.35. The highest BCUT2D eigenvalue weighted by atomic mass is 35.5. The van der Waals surface area contributed by atoms with Gasteiger partial charge in [0.2, 0.25) is 5.88 Å². The van der Waals surface area contributed by atoms with E-state index in [2.05, 4.69) is 17.2 Å². The van der Waals surface area contributed by atoms with Crippen molar-refractivity contribution in [2.45, 2.75) is 13.3 Å². The minimum atomic E-state index is -0.0837. The standard InChI is InChI=1S/C18H16Cl2N2O2/c1-11-13(8-12-6-4-3-5-7-12)18(22(2)21-11)24-17-10-16(23)14(19)9-15(17)20/h3-7,9-10,23H,8H2,1-2H3. The lowest BCUT2D eigenvalue weighted by Crippen LogP contribution is -1.98. The molecule has 0 unspecified atom stereocenters. The van der Waals surface area contributed by atoms with Crippen molar-refractivity contribution < 1.29 is 9.84 Å². The zero-order chi connectivity index (χ0) is 17.3. The summed E-state index contributed by atoms with van der Waals surface area (Å²) in [5.41, 5.74) is 3.00. The number of aromatic nitrogens is 2. The number of hydrogen-bond acceptors (Lipinski definition) is 3. The summed E-state index contributed by atoms with van der Waals surface area (Å²) < 4.78 is 7.61. The van der Waals surface area contributed by atoms with Gasteiger partial charge >= 0.3 is 0 Å². The maximum atomic E-state index is 9.79. The molecule has 2 aromatic carbocycles. The molecular formula is C18H16Cl2N2O2. The van der Waals surface area contributed by atoms with Crippen molar-refractivity contribution in [3.8, 4) is 17.4 Å². The van der Waals surface area contributed by atoms with Gasteiger partial charge in [0.05, 0.1) is 15.7 Å². The summed E-state index contributed by atoms with van der Waals surface area (Å²) in [5, 5.41) is 14.7. The topological polar surface area (TPSA) is 47.3 Å². The number of ether oxygens (including phenoxy) is 1. The van der Waals surface area contributed by atoms with Gasteiger partial charge in [-0.25, -0.2) is 4.68 Å². The van der Waals surface area contributed by atoms with Crippen molar-refractivity contribution in [2.75, 3.05) is 0 Å². The largest absolute Gasteiger partial charge is 0.506 e. The highest BCUT2D eigenvalue weighted by Crippen LogP contribution is 2.38. The number of aryl methyl sites for hydroxylation is 2. The third-order valence-electron chi connectivity index (χ3n) is 3.72. The number of benzene rings is 2. The van der Waals surface area contributed by atoms with Gasteiger partial charge in [0, 0.05) is 25.1 Å². The van der Waals surface area contributed by atoms with Crippen LogP contribution in [0, 0.1) is 6.92 Å². The maximum Gasteiger partial charge on any atom is 0.221 e. The average Bonchev–Trinajstić information content (AvgIpc) is 2.80. The molecule has 0 radical (unpaired) electrons. The van der Waals surface area contributed by atoms with Crippen molar-refractivity contribution in [3.05, 3.63) is 69.3 Å². The number of halogens is 2. The minimum Gasteiger partial charge on any atom is -0.506 e. The number of rotatable bonds is 4. The predicted molar refractivity (Wildman–Crippen MR) is 95.4 cm³/mol. The Balaban J connectivity index is 1.98. The Kier molecular flexibility index (Phi) is 4.69. The molecule has 1 heterocycles. The summed E-state index contributed by atoms with van der Waals surface area (Å²) in [4.78, 5) is 0. The first kappa shape index (κ1) is 16.7. The number of phenols is 1. The van der Waals surface area contributed by atoms with Crippen molar-refractivity contribution in [3.63, 3.8) is 0 Å². The van der Waals surface area contributed by atoms with E-state index in [0.717, 1.165) is 16.8 Å². The molecule has 1 N–H and O–H groups in total. The quantitative estimate of drug-likeness (QED) is 0.700. The van der Waals surface area contributed by atoms with E-state index in [9.17, 15) is 5.11 Å². The monoisotopic (exact) mass is 362 g/mol. The number of hydrogen-bond donors (Lipinski definition) is 1. The minimum absolute atomic E-state index is 0.0837. The first-order valence-electron chi connectivity index (χ1n) is 7.38. The average molecular weight is 363 g/mol. The van der Waals surface area contributed by atoms with Crippen LogP contribution in [0.15, 0.2) is 42.5 Å². The van der Waals surface area contributed by atoms with E-state index in [-0.39, 0.29) is 10.8 Å². The molecule has 3 rings (SSSR count). The normalized spacial score (nSPS) is 10.8. The van der Waals surface area contributed by atoms with E-state index in [0.29, 0.717) is 23.1 Å². The van der Waals surface area contributed by atoms with E-state index < -0.39 is 0 Å². The van der Waals surface area contributed by atoms with E-state index in [1.807, 2.05) is 25.1 Å². The van der Waals surface area contributed by atoms with Gasteiger partial charge in [0.15, 0.2) is 5.75 Å². The molecule has 0 aliphatic heterocycles. The second-order valence-corrected chi connectivity index (χ2v) is 6.31. The fourth-order valence-corrected chi connectivity index (χ4v) is 2.93. The van der Waals surface area contributed by atoms with Crippen LogP contribution in [0.4, 0.5) is 0 Å². The van der Waals surface area contributed by atoms with Gasteiger partial charge in [-0.05, 0) is 18.6 Å². The SMILES string of the molecule is Cc1nn(C)c(Oc2cc(O)c(Cl)cc2Cl)c1Cc1ccccc1. The molecule has 124 valence electrons. The molecule has 1 aromatic heterocycles. The molecule has 0 amide bonds. The lowest BCUT2D eigenvalue weighted by Gasteiger charge is -2.11. The van der Waals surface area contributed by atoms with Gasteiger partial charge in [-0.2, -0.15) is 5.10 Å². The van der Waals surface area contributed by atoms with Crippen molar-refractivity contribution in [1.29, 1.82) is 0 Å². The van der Waals surface area contributed by atoms with Crippen molar-refractivity contribution >= 4 is 23.2 Å². The third-order valence-corrected chi connectivity index (χ3v) is 4.32. The smallest absolute Gasteiger partial charge is 0.221 e. The van der Waals surface area contributed by atoms with Crippen LogP contribution in [0.3, 0.4) is 0 Å². The fraction of sp³-hybridized carbons (Fsp3) is 0.167. The molecule has 0 aliphatic rings. The molecule has 4 nitrogen and oxygen atoms in total. The summed E-state index contributed by atoms with van der Waals surface area (Å²) >= 11 is 12.0. The van der Waals surface area contributed by atoms with Crippen LogP contribution in [0.1, 0.15) is 16.8 Å². The highest BCUT2D eigenvalue weighted by Gasteiger charge is 2.18. The lowest BCUT2D eigenvalue weighted by molar-refractivity contribution is 0.419. The van der Waals surface area contributed by atoms with Crippen molar-refractivity contribution in [1.82, 2.24) is 9.78 Å². The summed E-state index contributed by atoms with van der Waals surface area (Å²) in [6, 6.07) is 12.9. The van der Waals surface area contributed by atoms with Crippen LogP contribution in [0.2, 0.25) is 10.0 Å². The second-order valence-electron chi connectivity index (χ2n) is 5.49. The van der Waals surface area contributed by atoms with Crippen LogP contribution >= 0.6 is 23.2 Å². The van der Waals surface area contributed by atoms with Gasteiger partial charge in [-0.3, -0.25) is 0 Å². The Labute approximate surface area is 150 Å². The second kappa shape index (κ2) is 6.75. The first-order chi connectivity index (χ1) is 11.5. The molecule has 0 atom stereocenters. The highest BCUT2D eigenvalue weighted by molar-refractivity contribution is 6.36. The van der Waals surface area contributed by atoms with E-state index in [4.69, 9.17) is 27.9 Å². The van der Waals surface area contributed by atoms with Gasteiger partial charge in [-0.15, -0.1) is 0 Å². The first-order valence-corrected chi connectivity index (χ1v) is 8.13. The lowest BCUT2D eigenvalue weighted by atomic mass is 10.1. The number of nitrogens with zero attached hydrogens (tertiary/aromatic N) is 2. The molecule has 0 aliphatic carbocycles. The van der Waals surface area contributed by atoms with E-state index >= 15 is 0 Å². The molecule has 3 aromatic rings. The van der Waals surface area contributed by atoms with Gasteiger partial charge in [0.25, 0.3) is 0 Å². The Morgan fingerprint density at radius 2 is 1.83 bits per heavy atom. The predicted octanol–water partition coefficient (Wildman–Crippen LogP) is 5.12. The van der Waals surface area contributed by atoms with Crippen LogP contribution in [0.25, 0.3) is 0 Å². The molecule has 0 spiro atoms. The summed E-state index contributed by atoms with van der Waals surface area (Å²) in [6.45, 7) is 1.94. The summed E-state index contributed by atoms with van der Waals surface area (Å²) in [7, 11) is 1.81. The van der Waals surface area contributed by atoms with Crippen molar-refractivity contribution in [2.24, 2.45) is 7.05 Å². The molecule has 0 saturated carbocycles. The van der Waals surface area contributed by atoms with Gasteiger partial charge in [-0.1, -0.05) is 53.5 Å². The molecule has 24 heavy (non-hydrogen) atoms. The zero-order valence-electron chi connectivity index (χ0n) is 13.3. The molecule has 0 saturated heterocycles. The Bertz CT molecular complexity index is 876. The van der Waals surface area contributed by atoms with E-state index in [1.54, 1.807) is 11.7 Å². The summed E-state index contributed by atoms with van der Waals surface area (Å²) in [6.07, 6.45) is 0.688. The van der Waals surface area contributed by atoms with Crippen LogP contribution in [0.5, 0.6) is 17.4 Å². The molecular weight excluding hydrogens is 347 g/mol. The van der Waals surface area contributed by atoms with Crippen LogP contribution < -0.4 is 4.74 Å². The Hall–Kier alpha value is -2.17. The van der Waals surface area contributed by atoms with Gasteiger partial charge < -0.3 is 9.84 Å². The number of aromatic hydroxyl groups is 1. The Morgan fingerprint density at radius 3 is 2.54 bits per heavy atom. The maximum absolute atomic E-state index is 9.79. The van der Waals surface area contributed by atoms with Gasteiger partial charge in [0.1, 0.15) is 5.75 Å². The van der Waals surface area contributed by atoms with Crippen LogP contribution in [-0.4, -0.2) is 14.9 Å². The fourth-order valence-electron chi connectivity index (χ4n) is 2.51. The molecule has 0 fully saturated rings. The molecule has 0 bridgehead atoms. The number of phenolic OH excluding ortho intramolecular Hbond substituents is 1. The van der Waals surface area contributed by atoms with E-state index in [1.165, 1.54) is 12.1 Å². The zero-order valence-corrected chi connectivity index (χ0v) is 14.8. The summed E-state index contributed by atoms with van der Waals surface area (Å²) in [5.74, 6) is 0.829. The molecule has 6 heteroatoms. The Morgan fingerprint density at radius 1 is 1.12 bits per heavy atom.